The zero-order valence-corrected chi connectivity index (χ0v) is 10.3. The highest BCUT2D eigenvalue weighted by Crippen LogP contribution is 2.33. The zero-order chi connectivity index (χ0) is 11.4. The fourth-order valence-electron chi connectivity index (χ4n) is 1.39. The van der Waals surface area contributed by atoms with Gasteiger partial charge in [-0.05, 0) is 29.8 Å². The topological polar surface area (TPSA) is 26.0 Å². The molecule has 0 atom stereocenters. The van der Waals surface area contributed by atoms with Crippen molar-refractivity contribution in [3.05, 3.63) is 59.1 Å². The summed E-state index contributed by atoms with van der Waals surface area (Å²) >= 11 is 7.76. The van der Waals surface area contributed by atoms with Gasteiger partial charge in [-0.25, -0.2) is 0 Å². The van der Waals surface area contributed by atoms with Crippen LogP contribution in [-0.4, -0.2) is 0 Å². The SMILES string of the molecule is NCc1cccc(Sc2ccccc2Cl)c1. The molecule has 0 unspecified atom stereocenters. The monoisotopic (exact) mass is 249 g/mol. The second-order valence-electron chi connectivity index (χ2n) is 3.38. The molecular formula is C13H12ClNS. The van der Waals surface area contributed by atoms with Crippen LogP contribution in [0.1, 0.15) is 5.56 Å². The van der Waals surface area contributed by atoms with Crippen molar-refractivity contribution in [3.8, 4) is 0 Å². The molecule has 82 valence electrons. The van der Waals surface area contributed by atoms with Crippen molar-refractivity contribution in [2.45, 2.75) is 16.3 Å². The summed E-state index contributed by atoms with van der Waals surface area (Å²) in [5, 5.41) is 0.783. The first-order chi connectivity index (χ1) is 7.79. The highest BCUT2D eigenvalue weighted by molar-refractivity contribution is 7.99. The molecule has 0 amide bonds. The first-order valence-electron chi connectivity index (χ1n) is 5.01. The Hall–Kier alpha value is -0.960. The van der Waals surface area contributed by atoms with Crippen LogP contribution >= 0.6 is 23.4 Å². The van der Waals surface area contributed by atoms with Crippen molar-refractivity contribution in [3.63, 3.8) is 0 Å². The summed E-state index contributed by atoms with van der Waals surface area (Å²) in [5.74, 6) is 0. The molecule has 0 spiro atoms. The van der Waals surface area contributed by atoms with Gasteiger partial charge in [0.15, 0.2) is 0 Å². The predicted molar refractivity (Wildman–Crippen MR) is 69.9 cm³/mol. The lowest BCUT2D eigenvalue weighted by molar-refractivity contribution is 1.06. The van der Waals surface area contributed by atoms with Crippen LogP contribution < -0.4 is 5.73 Å². The molecule has 0 aromatic heterocycles. The summed E-state index contributed by atoms with van der Waals surface area (Å²) in [7, 11) is 0. The average molecular weight is 250 g/mol. The first kappa shape index (κ1) is 11.5. The predicted octanol–water partition coefficient (Wildman–Crippen LogP) is 3.95. The van der Waals surface area contributed by atoms with Gasteiger partial charge in [0.2, 0.25) is 0 Å². The third-order valence-electron chi connectivity index (χ3n) is 2.20. The summed E-state index contributed by atoms with van der Waals surface area (Å²) < 4.78 is 0. The molecule has 2 rings (SSSR count). The van der Waals surface area contributed by atoms with E-state index in [-0.39, 0.29) is 0 Å². The van der Waals surface area contributed by atoms with E-state index < -0.39 is 0 Å². The van der Waals surface area contributed by atoms with Crippen molar-refractivity contribution in [2.75, 3.05) is 0 Å². The van der Waals surface area contributed by atoms with Gasteiger partial charge in [0, 0.05) is 16.3 Å². The molecule has 0 bridgehead atoms. The zero-order valence-electron chi connectivity index (χ0n) is 8.69. The van der Waals surface area contributed by atoms with Crippen molar-refractivity contribution < 1.29 is 0 Å². The van der Waals surface area contributed by atoms with E-state index in [2.05, 4.69) is 12.1 Å². The molecule has 2 N–H and O–H groups in total. The van der Waals surface area contributed by atoms with E-state index in [1.807, 2.05) is 36.4 Å². The smallest absolute Gasteiger partial charge is 0.0545 e. The van der Waals surface area contributed by atoms with Crippen LogP contribution in [0.15, 0.2) is 58.3 Å². The highest BCUT2D eigenvalue weighted by Gasteiger charge is 2.01. The molecule has 16 heavy (non-hydrogen) atoms. The molecule has 3 heteroatoms. The molecule has 0 aliphatic carbocycles. The Balaban J connectivity index is 2.24. The second kappa shape index (κ2) is 5.39. The summed E-state index contributed by atoms with van der Waals surface area (Å²) in [6, 6.07) is 16.0. The minimum Gasteiger partial charge on any atom is -0.326 e. The molecule has 2 aromatic carbocycles. The van der Waals surface area contributed by atoms with Crippen LogP contribution in [0.4, 0.5) is 0 Å². The second-order valence-corrected chi connectivity index (χ2v) is 4.91. The van der Waals surface area contributed by atoms with Crippen molar-refractivity contribution in [2.24, 2.45) is 5.73 Å². The fourth-order valence-corrected chi connectivity index (χ4v) is 2.56. The lowest BCUT2D eigenvalue weighted by Gasteiger charge is -2.05. The minimum absolute atomic E-state index is 0.566. The molecule has 0 heterocycles. The summed E-state index contributed by atoms with van der Waals surface area (Å²) in [4.78, 5) is 2.23. The third kappa shape index (κ3) is 2.79. The van der Waals surface area contributed by atoms with E-state index >= 15 is 0 Å². The van der Waals surface area contributed by atoms with E-state index in [0.29, 0.717) is 6.54 Å². The number of halogens is 1. The van der Waals surface area contributed by atoms with Crippen LogP contribution in [0.5, 0.6) is 0 Å². The van der Waals surface area contributed by atoms with E-state index in [4.69, 9.17) is 17.3 Å². The molecular weight excluding hydrogens is 238 g/mol. The maximum Gasteiger partial charge on any atom is 0.0545 e. The van der Waals surface area contributed by atoms with Gasteiger partial charge in [-0.1, -0.05) is 47.6 Å². The van der Waals surface area contributed by atoms with E-state index in [9.17, 15) is 0 Å². The van der Waals surface area contributed by atoms with Crippen LogP contribution in [-0.2, 0) is 6.54 Å². The Morgan fingerprint density at radius 1 is 1.06 bits per heavy atom. The van der Waals surface area contributed by atoms with Gasteiger partial charge < -0.3 is 5.73 Å². The van der Waals surface area contributed by atoms with Crippen LogP contribution in [0.3, 0.4) is 0 Å². The fraction of sp³-hybridized carbons (Fsp3) is 0.0769. The van der Waals surface area contributed by atoms with Gasteiger partial charge in [0.25, 0.3) is 0 Å². The van der Waals surface area contributed by atoms with Crippen molar-refractivity contribution >= 4 is 23.4 Å². The van der Waals surface area contributed by atoms with Gasteiger partial charge in [0.1, 0.15) is 0 Å². The lowest BCUT2D eigenvalue weighted by atomic mass is 10.2. The molecule has 0 aliphatic heterocycles. The van der Waals surface area contributed by atoms with Crippen molar-refractivity contribution in [1.82, 2.24) is 0 Å². The molecule has 2 aromatic rings. The van der Waals surface area contributed by atoms with Crippen LogP contribution in [0.25, 0.3) is 0 Å². The normalized spacial score (nSPS) is 10.4. The van der Waals surface area contributed by atoms with E-state index in [1.165, 1.54) is 0 Å². The maximum absolute atomic E-state index is 6.10. The average Bonchev–Trinajstić information content (AvgIpc) is 2.32. The molecule has 0 radical (unpaired) electrons. The van der Waals surface area contributed by atoms with Gasteiger partial charge in [-0.2, -0.15) is 0 Å². The molecule has 0 fully saturated rings. The number of nitrogens with two attached hydrogens (primary N) is 1. The molecule has 0 aliphatic rings. The van der Waals surface area contributed by atoms with Gasteiger partial charge >= 0.3 is 0 Å². The Kier molecular flexibility index (Phi) is 3.88. The first-order valence-corrected chi connectivity index (χ1v) is 6.20. The van der Waals surface area contributed by atoms with Gasteiger partial charge in [0.05, 0.1) is 5.02 Å². The largest absolute Gasteiger partial charge is 0.326 e. The number of rotatable bonds is 3. The molecule has 1 nitrogen and oxygen atoms in total. The van der Waals surface area contributed by atoms with Gasteiger partial charge in [-0.15, -0.1) is 0 Å². The number of hydrogen-bond donors (Lipinski definition) is 1. The van der Waals surface area contributed by atoms with Crippen LogP contribution in [0, 0.1) is 0 Å². The lowest BCUT2D eigenvalue weighted by Crippen LogP contribution is -1.95. The quantitative estimate of drug-likeness (QED) is 0.892. The summed E-state index contributed by atoms with van der Waals surface area (Å²) in [6.45, 7) is 0.566. The Bertz CT molecular complexity index is 485. The molecule has 0 saturated carbocycles. The third-order valence-corrected chi connectivity index (χ3v) is 3.71. The summed E-state index contributed by atoms with van der Waals surface area (Å²) in [5.41, 5.74) is 6.74. The maximum atomic E-state index is 6.10. The van der Waals surface area contributed by atoms with Crippen LogP contribution in [0.2, 0.25) is 5.02 Å². The Labute approximate surface area is 105 Å². The minimum atomic E-state index is 0.566. The van der Waals surface area contributed by atoms with Gasteiger partial charge in [-0.3, -0.25) is 0 Å². The van der Waals surface area contributed by atoms with E-state index in [0.717, 1.165) is 20.4 Å². The number of benzene rings is 2. The number of hydrogen-bond acceptors (Lipinski definition) is 2. The molecule has 0 saturated heterocycles. The Morgan fingerprint density at radius 3 is 2.62 bits per heavy atom. The summed E-state index contributed by atoms with van der Waals surface area (Å²) in [6.07, 6.45) is 0. The van der Waals surface area contributed by atoms with Crippen molar-refractivity contribution in [1.29, 1.82) is 0 Å². The standard InChI is InChI=1S/C13H12ClNS/c14-12-6-1-2-7-13(12)16-11-5-3-4-10(8-11)9-15/h1-8H,9,15H2. The van der Waals surface area contributed by atoms with E-state index in [1.54, 1.807) is 11.8 Å². The highest BCUT2D eigenvalue weighted by atomic mass is 35.5. The Morgan fingerprint density at radius 2 is 1.88 bits per heavy atom.